The summed E-state index contributed by atoms with van der Waals surface area (Å²) in [6.45, 7) is 2.12. The van der Waals surface area contributed by atoms with Gasteiger partial charge < -0.3 is 5.32 Å². The summed E-state index contributed by atoms with van der Waals surface area (Å²) in [5.41, 5.74) is 1.63. The van der Waals surface area contributed by atoms with Crippen molar-refractivity contribution >= 4 is 11.6 Å². The van der Waals surface area contributed by atoms with Crippen molar-refractivity contribution in [2.24, 2.45) is 0 Å². The molecule has 0 bridgehead atoms. The molecule has 1 aromatic heterocycles. The number of H-pyrrole nitrogens is 1. The molecule has 0 amide bonds. The van der Waals surface area contributed by atoms with Gasteiger partial charge in [0.2, 0.25) is 5.95 Å². The fourth-order valence-corrected chi connectivity index (χ4v) is 1.71. The van der Waals surface area contributed by atoms with Crippen LogP contribution in [0.4, 0.5) is 11.6 Å². The molecule has 0 fully saturated rings. The highest BCUT2D eigenvalue weighted by Gasteiger charge is 2.01. The fraction of sp³-hybridized carbons (Fsp3) is 0.286. The van der Waals surface area contributed by atoms with E-state index in [0.717, 1.165) is 30.6 Å². The molecule has 1 aromatic carbocycles. The minimum Gasteiger partial charge on any atom is -0.326 e. The maximum atomic E-state index is 11.5. The molecule has 4 heteroatoms. The van der Waals surface area contributed by atoms with Gasteiger partial charge in [-0.25, -0.2) is 4.98 Å². The highest BCUT2D eigenvalue weighted by Crippen LogP contribution is 2.11. The van der Waals surface area contributed by atoms with Crippen LogP contribution >= 0.6 is 0 Å². The Morgan fingerprint density at radius 2 is 2.06 bits per heavy atom. The number of para-hydroxylation sites is 1. The Balaban J connectivity index is 2.18. The Morgan fingerprint density at radius 1 is 1.28 bits per heavy atom. The van der Waals surface area contributed by atoms with E-state index >= 15 is 0 Å². The summed E-state index contributed by atoms with van der Waals surface area (Å²) >= 11 is 0. The number of aromatic amines is 1. The first kappa shape index (κ1) is 12.4. The minimum atomic E-state index is -0.116. The van der Waals surface area contributed by atoms with Crippen molar-refractivity contribution in [1.82, 2.24) is 9.97 Å². The number of benzene rings is 1. The molecule has 0 aliphatic carbocycles. The SMILES string of the molecule is CCCCc1cc(=O)[nH]c(Nc2ccccc2)n1. The van der Waals surface area contributed by atoms with Crippen molar-refractivity contribution < 1.29 is 0 Å². The van der Waals surface area contributed by atoms with Gasteiger partial charge in [-0.15, -0.1) is 0 Å². The Bertz CT molecular complexity index is 548. The van der Waals surface area contributed by atoms with Gasteiger partial charge >= 0.3 is 0 Å². The van der Waals surface area contributed by atoms with Gasteiger partial charge in [0.15, 0.2) is 0 Å². The molecule has 0 aliphatic rings. The van der Waals surface area contributed by atoms with Gasteiger partial charge in [0.05, 0.1) is 0 Å². The number of nitrogens with one attached hydrogen (secondary N) is 2. The third kappa shape index (κ3) is 3.45. The molecule has 2 rings (SSSR count). The summed E-state index contributed by atoms with van der Waals surface area (Å²) in [6.07, 6.45) is 2.97. The molecular formula is C14H17N3O. The van der Waals surface area contributed by atoms with Crippen LogP contribution in [0.3, 0.4) is 0 Å². The van der Waals surface area contributed by atoms with Gasteiger partial charge in [0, 0.05) is 17.4 Å². The van der Waals surface area contributed by atoms with Crippen molar-refractivity contribution in [3.63, 3.8) is 0 Å². The molecule has 0 aliphatic heterocycles. The van der Waals surface area contributed by atoms with E-state index in [4.69, 9.17) is 0 Å². The summed E-state index contributed by atoms with van der Waals surface area (Å²) in [6, 6.07) is 11.2. The molecule has 4 nitrogen and oxygen atoms in total. The molecule has 2 N–H and O–H groups in total. The Kier molecular flexibility index (Phi) is 4.12. The summed E-state index contributed by atoms with van der Waals surface area (Å²) in [5, 5.41) is 3.09. The smallest absolute Gasteiger partial charge is 0.252 e. The normalized spacial score (nSPS) is 10.3. The molecule has 2 aromatic rings. The van der Waals surface area contributed by atoms with Gasteiger partial charge in [-0.2, -0.15) is 0 Å². The second-order valence-electron chi connectivity index (χ2n) is 4.18. The van der Waals surface area contributed by atoms with Crippen LogP contribution in [-0.2, 0) is 6.42 Å². The van der Waals surface area contributed by atoms with E-state index in [1.54, 1.807) is 6.07 Å². The van der Waals surface area contributed by atoms with Crippen molar-refractivity contribution in [3.05, 3.63) is 52.4 Å². The maximum Gasteiger partial charge on any atom is 0.252 e. The number of aryl methyl sites for hydroxylation is 1. The number of nitrogens with zero attached hydrogens (tertiary/aromatic N) is 1. The lowest BCUT2D eigenvalue weighted by Crippen LogP contribution is -2.12. The maximum absolute atomic E-state index is 11.5. The molecule has 94 valence electrons. The summed E-state index contributed by atoms with van der Waals surface area (Å²) in [5.74, 6) is 0.500. The highest BCUT2D eigenvalue weighted by atomic mass is 16.1. The van der Waals surface area contributed by atoms with Crippen LogP contribution in [0.25, 0.3) is 0 Å². The van der Waals surface area contributed by atoms with E-state index in [1.807, 2.05) is 30.3 Å². The first-order valence-electron chi connectivity index (χ1n) is 6.20. The molecule has 0 atom stereocenters. The standard InChI is InChI=1S/C14H17N3O/c1-2-3-7-12-10-13(18)17-14(16-12)15-11-8-5-4-6-9-11/h4-6,8-10H,2-3,7H2,1H3,(H2,15,16,17,18). The first-order valence-corrected chi connectivity index (χ1v) is 6.20. The van der Waals surface area contributed by atoms with Crippen LogP contribution in [0, 0.1) is 0 Å². The van der Waals surface area contributed by atoms with Gasteiger partial charge in [0.25, 0.3) is 5.56 Å². The molecule has 0 saturated heterocycles. The highest BCUT2D eigenvalue weighted by molar-refractivity contribution is 5.52. The van der Waals surface area contributed by atoms with Gasteiger partial charge in [-0.05, 0) is 25.0 Å². The van der Waals surface area contributed by atoms with Crippen LogP contribution in [0.15, 0.2) is 41.2 Å². The average Bonchev–Trinajstić information content (AvgIpc) is 2.37. The van der Waals surface area contributed by atoms with Gasteiger partial charge in [0.1, 0.15) is 0 Å². The predicted molar refractivity (Wildman–Crippen MR) is 73.2 cm³/mol. The van der Waals surface area contributed by atoms with Crippen molar-refractivity contribution in [2.45, 2.75) is 26.2 Å². The lowest BCUT2D eigenvalue weighted by molar-refractivity contribution is 0.772. The number of aromatic nitrogens is 2. The average molecular weight is 243 g/mol. The molecule has 0 spiro atoms. The quantitative estimate of drug-likeness (QED) is 0.849. The zero-order valence-electron chi connectivity index (χ0n) is 10.4. The van der Waals surface area contributed by atoms with E-state index in [1.165, 1.54) is 0 Å². The van der Waals surface area contributed by atoms with Crippen molar-refractivity contribution in [1.29, 1.82) is 0 Å². The second kappa shape index (κ2) is 6.00. The Morgan fingerprint density at radius 3 is 2.78 bits per heavy atom. The summed E-state index contributed by atoms with van der Waals surface area (Å²) in [7, 11) is 0. The lowest BCUT2D eigenvalue weighted by atomic mass is 10.2. The van der Waals surface area contributed by atoms with Crippen LogP contribution < -0.4 is 10.9 Å². The van der Waals surface area contributed by atoms with Crippen LogP contribution in [0.1, 0.15) is 25.5 Å². The summed E-state index contributed by atoms with van der Waals surface area (Å²) < 4.78 is 0. The monoisotopic (exact) mass is 243 g/mol. The molecular weight excluding hydrogens is 226 g/mol. The fourth-order valence-electron chi connectivity index (χ4n) is 1.71. The molecule has 0 radical (unpaired) electrons. The van der Waals surface area contributed by atoms with Gasteiger partial charge in [-0.3, -0.25) is 9.78 Å². The van der Waals surface area contributed by atoms with E-state index in [0.29, 0.717) is 5.95 Å². The Hall–Kier alpha value is -2.10. The molecule has 1 heterocycles. The molecule has 0 unspecified atom stereocenters. The number of hydrogen-bond donors (Lipinski definition) is 2. The summed E-state index contributed by atoms with van der Waals surface area (Å²) in [4.78, 5) is 18.6. The largest absolute Gasteiger partial charge is 0.326 e. The molecule has 18 heavy (non-hydrogen) atoms. The second-order valence-corrected chi connectivity index (χ2v) is 4.18. The van der Waals surface area contributed by atoms with Crippen LogP contribution in [-0.4, -0.2) is 9.97 Å². The lowest BCUT2D eigenvalue weighted by Gasteiger charge is -2.06. The van der Waals surface area contributed by atoms with Crippen LogP contribution in [0.5, 0.6) is 0 Å². The van der Waals surface area contributed by atoms with E-state index in [9.17, 15) is 4.79 Å². The van der Waals surface area contributed by atoms with E-state index in [-0.39, 0.29) is 5.56 Å². The van der Waals surface area contributed by atoms with E-state index in [2.05, 4.69) is 22.2 Å². The van der Waals surface area contributed by atoms with E-state index < -0.39 is 0 Å². The number of rotatable bonds is 5. The zero-order chi connectivity index (χ0) is 12.8. The zero-order valence-corrected chi connectivity index (χ0v) is 10.4. The van der Waals surface area contributed by atoms with Crippen LogP contribution in [0.2, 0.25) is 0 Å². The number of unbranched alkanes of at least 4 members (excludes halogenated alkanes) is 1. The predicted octanol–water partition coefficient (Wildman–Crippen LogP) is 2.86. The topological polar surface area (TPSA) is 57.8 Å². The third-order valence-electron chi connectivity index (χ3n) is 2.62. The minimum absolute atomic E-state index is 0.116. The van der Waals surface area contributed by atoms with Crippen molar-refractivity contribution in [3.8, 4) is 0 Å². The molecule has 0 saturated carbocycles. The first-order chi connectivity index (χ1) is 8.78. The number of anilines is 2. The van der Waals surface area contributed by atoms with Crippen molar-refractivity contribution in [2.75, 3.05) is 5.32 Å². The Labute approximate surface area is 106 Å². The van der Waals surface area contributed by atoms with Gasteiger partial charge in [-0.1, -0.05) is 31.5 Å². The number of hydrogen-bond acceptors (Lipinski definition) is 3. The third-order valence-corrected chi connectivity index (χ3v) is 2.62.